The minimum Gasteiger partial charge on any atom is -0.394 e. The molecule has 0 saturated carbocycles. The van der Waals surface area contributed by atoms with E-state index in [0.29, 0.717) is 22.6 Å². The highest BCUT2D eigenvalue weighted by Crippen LogP contribution is 2.46. The highest BCUT2D eigenvalue weighted by Gasteiger charge is 2.40. The standard InChI is InChI=1S/C34H32N2O4S4/c37-19-25-21-41-33(23-11-3-1-4-12-23)35(25)31(39)27-15-7-9-17-29(27)43-44-30-18-10-8-16-28(30)32(40)36-26(20-38)22-42-34(36)24-13-5-2-6-14-24/h1-18,25-26,33-34,37-38H,19-22H2/t25-,26-,33?,34?/m1/s1. The summed E-state index contributed by atoms with van der Waals surface area (Å²) in [6, 6.07) is 34.3. The van der Waals surface area contributed by atoms with E-state index in [-0.39, 0.29) is 47.9 Å². The zero-order valence-electron chi connectivity index (χ0n) is 23.8. The van der Waals surface area contributed by atoms with Crippen LogP contribution in [0.3, 0.4) is 0 Å². The molecule has 10 heteroatoms. The van der Waals surface area contributed by atoms with Gasteiger partial charge in [-0.15, -0.1) is 23.5 Å². The summed E-state index contributed by atoms with van der Waals surface area (Å²) in [7, 11) is 2.89. The van der Waals surface area contributed by atoms with Gasteiger partial charge in [0.2, 0.25) is 0 Å². The third-order valence-corrected chi connectivity index (χ3v) is 13.0. The van der Waals surface area contributed by atoms with E-state index < -0.39 is 0 Å². The third kappa shape index (κ3) is 6.42. The Morgan fingerprint density at radius 2 is 0.955 bits per heavy atom. The van der Waals surface area contributed by atoms with Gasteiger partial charge >= 0.3 is 0 Å². The fourth-order valence-corrected chi connectivity index (χ4v) is 10.7. The molecule has 6 nitrogen and oxygen atoms in total. The molecule has 0 spiro atoms. The van der Waals surface area contributed by atoms with Crippen LogP contribution in [0, 0.1) is 0 Å². The normalized spacial score (nSPS) is 21.5. The molecule has 0 radical (unpaired) electrons. The minimum atomic E-state index is -0.280. The first kappa shape index (κ1) is 31.1. The number of benzene rings is 4. The summed E-state index contributed by atoms with van der Waals surface area (Å²) in [5, 5.41) is 19.9. The molecule has 2 saturated heterocycles. The smallest absolute Gasteiger partial charge is 0.256 e. The molecule has 2 aliphatic heterocycles. The Morgan fingerprint density at radius 3 is 1.34 bits per heavy atom. The number of thioether (sulfide) groups is 2. The number of amides is 2. The van der Waals surface area contributed by atoms with Crippen LogP contribution in [-0.2, 0) is 0 Å². The molecule has 0 aliphatic carbocycles. The Morgan fingerprint density at radius 1 is 0.591 bits per heavy atom. The second-order valence-electron chi connectivity index (χ2n) is 10.4. The average molecular weight is 661 g/mol. The molecule has 2 amide bonds. The second-order valence-corrected chi connectivity index (χ2v) is 14.9. The quantitative estimate of drug-likeness (QED) is 0.186. The van der Waals surface area contributed by atoms with Crippen LogP contribution in [0.15, 0.2) is 119 Å². The maximum Gasteiger partial charge on any atom is 0.256 e. The molecule has 2 fully saturated rings. The Hall–Kier alpha value is -2.86. The van der Waals surface area contributed by atoms with E-state index in [1.165, 1.54) is 21.6 Å². The predicted octanol–water partition coefficient (Wildman–Crippen LogP) is 6.98. The fourth-order valence-electron chi connectivity index (χ4n) is 5.48. The summed E-state index contributed by atoms with van der Waals surface area (Å²) < 4.78 is 0. The fraction of sp³-hybridized carbons (Fsp3) is 0.235. The highest BCUT2D eigenvalue weighted by molar-refractivity contribution is 8.76. The van der Waals surface area contributed by atoms with Gasteiger partial charge in [0.25, 0.3) is 11.8 Å². The van der Waals surface area contributed by atoms with Crippen LogP contribution in [-0.4, -0.2) is 68.6 Å². The van der Waals surface area contributed by atoms with Gasteiger partial charge in [0, 0.05) is 21.3 Å². The van der Waals surface area contributed by atoms with Crippen molar-refractivity contribution in [1.29, 1.82) is 0 Å². The van der Waals surface area contributed by atoms with Gasteiger partial charge in [0.15, 0.2) is 0 Å². The van der Waals surface area contributed by atoms with Crippen molar-refractivity contribution in [3.8, 4) is 0 Å². The number of aliphatic hydroxyl groups is 2. The van der Waals surface area contributed by atoms with Gasteiger partial charge in [-0.25, -0.2) is 0 Å². The van der Waals surface area contributed by atoms with Gasteiger partial charge in [-0.1, -0.05) is 107 Å². The van der Waals surface area contributed by atoms with Crippen molar-refractivity contribution in [2.75, 3.05) is 24.7 Å². The third-order valence-electron chi connectivity index (χ3n) is 7.70. The van der Waals surface area contributed by atoms with E-state index in [9.17, 15) is 19.8 Å². The lowest BCUT2D eigenvalue weighted by Crippen LogP contribution is -2.40. The van der Waals surface area contributed by atoms with E-state index in [1.54, 1.807) is 23.5 Å². The number of nitrogens with zero attached hydrogens (tertiary/aromatic N) is 2. The van der Waals surface area contributed by atoms with E-state index >= 15 is 0 Å². The average Bonchev–Trinajstić information content (AvgIpc) is 3.72. The number of rotatable bonds is 9. The first-order valence-electron chi connectivity index (χ1n) is 14.3. The van der Waals surface area contributed by atoms with Gasteiger partial charge in [-0.3, -0.25) is 9.59 Å². The first-order valence-corrected chi connectivity index (χ1v) is 18.6. The van der Waals surface area contributed by atoms with Crippen molar-refractivity contribution < 1.29 is 19.8 Å². The topological polar surface area (TPSA) is 81.1 Å². The number of aliphatic hydroxyl groups excluding tert-OH is 2. The van der Waals surface area contributed by atoms with Gasteiger partial charge in [0.1, 0.15) is 10.7 Å². The van der Waals surface area contributed by atoms with Gasteiger partial charge in [0.05, 0.1) is 36.4 Å². The van der Waals surface area contributed by atoms with Crippen LogP contribution in [0.5, 0.6) is 0 Å². The summed E-state index contributed by atoms with van der Waals surface area (Å²) in [4.78, 5) is 33.4. The van der Waals surface area contributed by atoms with E-state index in [4.69, 9.17) is 0 Å². The Bertz CT molecular complexity index is 1470. The highest BCUT2D eigenvalue weighted by atomic mass is 33.1. The molecule has 44 heavy (non-hydrogen) atoms. The number of carbonyl (C=O) groups is 2. The van der Waals surface area contributed by atoms with Crippen LogP contribution in [0.2, 0.25) is 0 Å². The van der Waals surface area contributed by atoms with Crippen LogP contribution in [0.4, 0.5) is 0 Å². The van der Waals surface area contributed by atoms with Gasteiger partial charge in [-0.05, 0) is 35.4 Å². The SMILES string of the molecule is O=C(c1ccccc1SSc1ccccc1C(=O)N1C(c2ccccc2)SC[C@H]1CO)N1C(c2ccccc2)SC[C@H]1CO. The van der Waals surface area contributed by atoms with Crippen molar-refractivity contribution in [3.05, 3.63) is 131 Å². The molecule has 2 aliphatic rings. The van der Waals surface area contributed by atoms with Gasteiger partial charge in [-0.2, -0.15) is 0 Å². The summed E-state index contributed by atoms with van der Waals surface area (Å²) in [5.74, 6) is 1.08. The Kier molecular flexibility index (Phi) is 10.3. The van der Waals surface area contributed by atoms with Crippen molar-refractivity contribution in [1.82, 2.24) is 9.80 Å². The molecule has 226 valence electrons. The maximum absolute atomic E-state index is 14.1. The van der Waals surface area contributed by atoms with Crippen LogP contribution in [0.25, 0.3) is 0 Å². The molecule has 0 bridgehead atoms. The molecule has 0 aromatic heterocycles. The maximum atomic E-state index is 14.1. The Labute approximate surface area is 274 Å². The number of carbonyl (C=O) groups excluding carboxylic acids is 2. The molecule has 4 atom stereocenters. The van der Waals surface area contributed by atoms with Gasteiger partial charge < -0.3 is 20.0 Å². The van der Waals surface area contributed by atoms with E-state index in [1.807, 2.05) is 119 Å². The van der Waals surface area contributed by atoms with E-state index in [2.05, 4.69) is 0 Å². The van der Waals surface area contributed by atoms with Crippen molar-refractivity contribution in [2.45, 2.75) is 32.6 Å². The summed E-state index contributed by atoms with van der Waals surface area (Å²) >= 11 is 3.33. The number of hydrogen-bond acceptors (Lipinski definition) is 8. The van der Waals surface area contributed by atoms with E-state index in [0.717, 1.165) is 20.9 Å². The molecule has 2 N–H and O–H groups in total. The van der Waals surface area contributed by atoms with Crippen molar-refractivity contribution >= 4 is 56.9 Å². The minimum absolute atomic E-state index is 0.102. The molecular weight excluding hydrogens is 629 g/mol. The van der Waals surface area contributed by atoms with Crippen LogP contribution >= 0.6 is 45.1 Å². The van der Waals surface area contributed by atoms with Crippen LogP contribution in [0.1, 0.15) is 42.6 Å². The largest absolute Gasteiger partial charge is 0.394 e. The molecule has 2 heterocycles. The van der Waals surface area contributed by atoms with Crippen LogP contribution < -0.4 is 0 Å². The molecule has 4 aromatic carbocycles. The lowest BCUT2D eigenvalue weighted by atomic mass is 10.1. The first-order chi connectivity index (χ1) is 21.6. The molecule has 6 rings (SSSR count). The Balaban J connectivity index is 1.25. The molecule has 2 unspecified atom stereocenters. The zero-order valence-corrected chi connectivity index (χ0v) is 27.0. The summed E-state index contributed by atoms with van der Waals surface area (Å²) in [6.07, 6.45) is 0. The lowest BCUT2D eigenvalue weighted by molar-refractivity contribution is 0.0614. The zero-order chi connectivity index (χ0) is 30.5. The van der Waals surface area contributed by atoms with Crippen molar-refractivity contribution in [3.63, 3.8) is 0 Å². The second kappa shape index (κ2) is 14.5. The lowest BCUT2D eigenvalue weighted by Gasteiger charge is -2.30. The summed E-state index contributed by atoms with van der Waals surface area (Å²) in [5.41, 5.74) is 3.19. The molecule has 4 aromatic rings. The molecular formula is C34H32N2O4S4. The predicted molar refractivity (Wildman–Crippen MR) is 182 cm³/mol. The monoisotopic (exact) mass is 660 g/mol. The van der Waals surface area contributed by atoms with Crippen molar-refractivity contribution in [2.24, 2.45) is 0 Å². The number of hydrogen-bond donors (Lipinski definition) is 2. The summed E-state index contributed by atoms with van der Waals surface area (Å²) in [6.45, 7) is -0.204.